The van der Waals surface area contributed by atoms with Gasteiger partial charge in [-0.15, -0.1) is 0 Å². The number of aromatic nitrogens is 4. The summed E-state index contributed by atoms with van der Waals surface area (Å²) in [6.45, 7) is 0. The van der Waals surface area contributed by atoms with Gasteiger partial charge in [0.1, 0.15) is 0 Å². The predicted octanol–water partition coefficient (Wildman–Crippen LogP) is 6.92. The van der Waals surface area contributed by atoms with Crippen LogP contribution in [0.1, 0.15) is 0 Å². The number of pyridine rings is 1. The van der Waals surface area contributed by atoms with Crippen LogP contribution in [0.5, 0.6) is 0 Å². The summed E-state index contributed by atoms with van der Waals surface area (Å²) in [6.07, 6.45) is 5.46. The summed E-state index contributed by atoms with van der Waals surface area (Å²) < 4.78 is 2.19. The molecule has 1 aliphatic rings. The van der Waals surface area contributed by atoms with Gasteiger partial charge in [0.25, 0.3) is 0 Å². The van der Waals surface area contributed by atoms with Gasteiger partial charge < -0.3 is 0 Å². The van der Waals surface area contributed by atoms with Crippen molar-refractivity contribution in [3.8, 4) is 28.2 Å². The number of rotatable bonds is 1. The highest BCUT2D eigenvalue weighted by Crippen LogP contribution is 2.50. The molecule has 0 amide bonds. The lowest BCUT2D eigenvalue weighted by Crippen LogP contribution is -2.01. The van der Waals surface area contributed by atoms with E-state index in [9.17, 15) is 0 Å². The SMILES string of the molecule is c1cnc(-n2c3ccc4cccc5c4c3c3c(cc4cccnc4c32)-c2ccccc2-5)nc1. The topological polar surface area (TPSA) is 43.6 Å². The molecular formula is C29H16N4. The number of hydrogen-bond donors (Lipinski definition) is 0. The van der Waals surface area contributed by atoms with Crippen molar-refractivity contribution in [3.05, 3.63) is 97.5 Å². The fourth-order valence-electron chi connectivity index (χ4n) is 5.61. The second-order valence-corrected chi connectivity index (χ2v) is 8.52. The van der Waals surface area contributed by atoms with E-state index in [0.717, 1.165) is 21.9 Å². The second kappa shape index (κ2) is 6.02. The normalized spacial score (nSPS) is 12.2. The van der Waals surface area contributed by atoms with E-state index in [4.69, 9.17) is 4.98 Å². The Bertz CT molecular complexity index is 1920. The second-order valence-electron chi connectivity index (χ2n) is 8.52. The highest BCUT2D eigenvalue weighted by molar-refractivity contribution is 6.33. The van der Waals surface area contributed by atoms with E-state index in [1.54, 1.807) is 12.4 Å². The van der Waals surface area contributed by atoms with E-state index < -0.39 is 0 Å². The zero-order valence-electron chi connectivity index (χ0n) is 17.5. The number of benzene rings is 4. The van der Waals surface area contributed by atoms with Crippen molar-refractivity contribution in [3.63, 3.8) is 0 Å². The molecule has 0 aliphatic heterocycles. The molecule has 3 heterocycles. The molecule has 0 bridgehead atoms. The molecule has 7 aromatic rings. The molecule has 1 aliphatic carbocycles. The first-order valence-electron chi connectivity index (χ1n) is 11.0. The van der Waals surface area contributed by atoms with E-state index in [1.807, 2.05) is 18.3 Å². The minimum atomic E-state index is 0.660. The average molecular weight is 420 g/mol. The maximum absolute atomic E-state index is 4.84. The van der Waals surface area contributed by atoms with Gasteiger partial charge in [-0.2, -0.15) is 0 Å². The Hall–Kier alpha value is -4.57. The fourth-order valence-corrected chi connectivity index (χ4v) is 5.61. The maximum Gasteiger partial charge on any atom is 0.234 e. The average Bonchev–Trinajstić information content (AvgIpc) is 3.18. The standard InChI is InChI=1S/C29H16N4/c1-2-9-20-19(8-1)21-10-3-6-17-11-12-23-26(24(17)21)25-22(20)16-18-7-4-13-30-27(18)28(25)33(23)29-31-14-5-15-32-29/h1-16H. The van der Waals surface area contributed by atoms with E-state index in [2.05, 4.69) is 81.3 Å². The summed E-state index contributed by atoms with van der Waals surface area (Å²) >= 11 is 0. The van der Waals surface area contributed by atoms with Gasteiger partial charge in [0.2, 0.25) is 5.95 Å². The van der Waals surface area contributed by atoms with E-state index in [-0.39, 0.29) is 0 Å². The third-order valence-electron chi connectivity index (χ3n) is 6.87. The van der Waals surface area contributed by atoms with Crippen LogP contribution in [0.15, 0.2) is 97.5 Å². The minimum absolute atomic E-state index is 0.660. The molecule has 8 rings (SSSR count). The highest BCUT2D eigenvalue weighted by atomic mass is 15.2. The van der Waals surface area contributed by atoms with Crippen molar-refractivity contribution >= 4 is 43.5 Å². The first-order valence-corrected chi connectivity index (χ1v) is 11.0. The Morgan fingerprint density at radius 1 is 0.515 bits per heavy atom. The molecule has 0 unspecified atom stereocenters. The smallest absolute Gasteiger partial charge is 0.234 e. The number of hydrogen-bond acceptors (Lipinski definition) is 3. The van der Waals surface area contributed by atoms with Gasteiger partial charge in [-0.05, 0) is 57.3 Å². The van der Waals surface area contributed by atoms with Crippen molar-refractivity contribution in [2.75, 3.05) is 0 Å². The quantitative estimate of drug-likeness (QED) is 0.289. The molecule has 0 N–H and O–H groups in total. The molecule has 0 spiro atoms. The summed E-state index contributed by atoms with van der Waals surface area (Å²) in [4.78, 5) is 14.1. The van der Waals surface area contributed by atoms with Crippen LogP contribution in [-0.2, 0) is 0 Å². The molecule has 0 atom stereocenters. The fraction of sp³-hybridized carbons (Fsp3) is 0. The van der Waals surface area contributed by atoms with Crippen LogP contribution in [0, 0.1) is 0 Å². The molecule has 0 radical (unpaired) electrons. The highest BCUT2D eigenvalue weighted by Gasteiger charge is 2.26. The van der Waals surface area contributed by atoms with E-state index >= 15 is 0 Å². The maximum atomic E-state index is 4.84. The van der Waals surface area contributed by atoms with Crippen LogP contribution in [-0.4, -0.2) is 19.5 Å². The van der Waals surface area contributed by atoms with E-state index in [1.165, 1.54) is 43.8 Å². The van der Waals surface area contributed by atoms with Gasteiger partial charge in [-0.1, -0.05) is 54.6 Å². The van der Waals surface area contributed by atoms with Crippen LogP contribution < -0.4 is 0 Å². The number of fused-ring (bicyclic) bond motifs is 5. The lowest BCUT2D eigenvalue weighted by Gasteiger charge is -2.14. The largest absolute Gasteiger partial charge is 0.276 e. The Kier molecular flexibility index (Phi) is 3.11. The lowest BCUT2D eigenvalue weighted by molar-refractivity contribution is 0.990. The molecule has 0 saturated heterocycles. The third-order valence-corrected chi connectivity index (χ3v) is 6.87. The zero-order valence-corrected chi connectivity index (χ0v) is 17.5. The minimum Gasteiger partial charge on any atom is -0.276 e. The van der Waals surface area contributed by atoms with Crippen LogP contribution >= 0.6 is 0 Å². The predicted molar refractivity (Wildman–Crippen MR) is 134 cm³/mol. The zero-order chi connectivity index (χ0) is 21.5. The summed E-state index contributed by atoms with van der Waals surface area (Å²) in [6, 6.07) is 28.0. The Morgan fingerprint density at radius 2 is 1.27 bits per heavy atom. The molecule has 4 heteroatoms. The summed E-state index contributed by atoms with van der Waals surface area (Å²) in [5.74, 6) is 0.660. The summed E-state index contributed by atoms with van der Waals surface area (Å²) in [7, 11) is 0. The molecule has 33 heavy (non-hydrogen) atoms. The first-order chi connectivity index (χ1) is 16.4. The molecule has 3 aromatic heterocycles. The molecular weight excluding hydrogens is 404 g/mol. The van der Waals surface area contributed by atoms with Crippen LogP contribution in [0.3, 0.4) is 0 Å². The van der Waals surface area contributed by atoms with Gasteiger partial charge in [0.05, 0.1) is 16.6 Å². The van der Waals surface area contributed by atoms with Gasteiger partial charge in [0.15, 0.2) is 0 Å². The van der Waals surface area contributed by atoms with Crippen molar-refractivity contribution in [1.82, 2.24) is 19.5 Å². The molecule has 0 fully saturated rings. The Balaban J connectivity index is 1.79. The summed E-state index contributed by atoms with van der Waals surface area (Å²) in [5.41, 5.74) is 8.11. The van der Waals surface area contributed by atoms with Crippen LogP contribution in [0.25, 0.3) is 71.7 Å². The molecule has 4 nitrogen and oxygen atoms in total. The third kappa shape index (κ3) is 2.08. The van der Waals surface area contributed by atoms with Crippen LogP contribution in [0.2, 0.25) is 0 Å². The Labute approximate surface area is 188 Å². The van der Waals surface area contributed by atoms with Gasteiger partial charge in [-0.3, -0.25) is 9.55 Å². The van der Waals surface area contributed by atoms with Gasteiger partial charge >= 0.3 is 0 Å². The lowest BCUT2D eigenvalue weighted by atomic mass is 9.93. The molecule has 4 aromatic carbocycles. The van der Waals surface area contributed by atoms with Crippen molar-refractivity contribution in [2.24, 2.45) is 0 Å². The van der Waals surface area contributed by atoms with Gasteiger partial charge in [0, 0.05) is 34.7 Å². The Morgan fingerprint density at radius 3 is 2.15 bits per heavy atom. The van der Waals surface area contributed by atoms with Crippen LogP contribution in [0.4, 0.5) is 0 Å². The number of nitrogens with zero attached hydrogens (tertiary/aromatic N) is 4. The van der Waals surface area contributed by atoms with Gasteiger partial charge in [-0.25, -0.2) is 9.97 Å². The van der Waals surface area contributed by atoms with Crippen molar-refractivity contribution < 1.29 is 0 Å². The van der Waals surface area contributed by atoms with E-state index in [0.29, 0.717) is 5.95 Å². The summed E-state index contributed by atoms with van der Waals surface area (Å²) in [5, 5.41) is 6.07. The first kappa shape index (κ1) is 17.0. The van der Waals surface area contributed by atoms with Crippen molar-refractivity contribution in [2.45, 2.75) is 0 Å². The monoisotopic (exact) mass is 420 g/mol. The molecule has 0 saturated carbocycles. The van der Waals surface area contributed by atoms with Crippen molar-refractivity contribution in [1.29, 1.82) is 0 Å². The molecule has 152 valence electrons.